The molecule has 0 saturated carbocycles. The molecule has 1 aliphatic rings. The third kappa shape index (κ3) is 7.04. The third-order valence-electron chi connectivity index (χ3n) is 7.32. The molecule has 3 heterocycles. The van der Waals surface area contributed by atoms with E-state index in [0.717, 1.165) is 23.1 Å². The average molecular weight is 738 g/mol. The minimum atomic E-state index is -0.846. The molecule has 0 bridgehead atoms. The lowest BCUT2D eigenvalue weighted by molar-refractivity contribution is -0.387. The summed E-state index contributed by atoms with van der Waals surface area (Å²) in [5.41, 5.74) is 1.63. The summed E-state index contributed by atoms with van der Waals surface area (Å²) >= 11 is 14.4. The maximum Gasteiger partial charge on any atom is 0.338 e. The highest BCUT2D eigenvalue weighted by Crippen LogP contribution is 2.36. The van der Waals surface area contributed by atoms with Gasteiger partial charge in [0.25, 0.3) is 11.2 Å². The van der Waals surface area contributed by atoms with E-state index in [0.29, 0.717) is 53.7 Å². The lowest BCUT2D eigenvalue weighted by Gasteiger charge is -2.25. The molecule has 1 atom stereocenters. The van der Waals surface area contributed by atoms with Gasteiger partial charge in [0, 0.05) is 16.7 Å². The number of aromatic nitrogens is 4. The minimum absolute atomic E-state index is 0.203. The SMILES string of the molecule is COc1cccc([C@H]2C(C(=O)OC(C)C)=C(C)N=c3s/c(=C\c4ccc(Sc5n[nH]c(-c6ccc(Cl)cc6Cl)n5)c([N+](=O)[O-])c4)c(=O)n32)c1. The van der Waals surface area contributed by atoms with Crippen molar-refractivity contribution in [1.82, 2.24) is 19.7 Å². The van der Waals surface area contributed by atoms with E-state index < -0.39 is 28.6 Å². The summed E-state index contributed by atoms with van der Waals surface area (Å²) in [4.78, 5) is 48.8. The first-order valence-electron chi connectivity index (χ1n) is 14.6. The van der Waals surface area contributed by atoms with Gasteiger partial charge in [-0.15, -0.1) is 5.10 Å². The van der Waals surface area contributed by atoms with E-state index in [1.165, 1.54) is 17.7 Å². The summed E-state index contributed by atoms with van der Waals surface area (Å²) < 4.78 is 12.7. The van der Waals surface area contributed by atoms with Crippen LogP contribution in [0.4, 0.5) is 5.69 Å². The number of carbonyl (C=O) groups is 1. The molecule has 0 spiro atoms. The smallest absolute Gasteiger partial charge is 0.338 e. The predicted octanol–water partition coefficient (Wildman–Crippen LogP) is 6.35. The van der Waals surface area contributed by atoms with Gasteiger partial charge >= 0.3 is 5.97 Å². The van der Waals surface area contributed by atoms with E-state index in [2.05, 4.69) is 20.2 Å². The number of thiazole rings is 1. The standard InChI is InChI=1S/C33H26Cl2N6O6S2/c1-16(2)47-31(43)27-17(3)36-33-40(28(27)19-6-5-7-21(14-19)46-4)30(42)26(49-33)13-18-8-11-25(24(12-18)41(44)45)48-32-37-29(38-39-32)22-10-9-20(34)15-23(22)35/h5-16,28H,1-4H3,(H,37,38,39)/b26-13-/t28-/m0/s1. The maximum absolute atomic E-state index is 14.0. The molecule has 5 aromatic rings. The number of nitro groups is 1. The second-order valence-corrected chi connectivity index (χ2v) is 13.9. The Morgan fingerprint density at radius 1 is 1.16 bits per heavy atom. The topological polar surface area (TPSA) is 155 Å². The molecule has 1 aliphatic heterocycles. The largest absolute Gasteiger partial charge is 0.497 e. The fraction of sp³-hybridized carbons (Fsp3) is 0.182. The zero-order valence-corrected chi connectivity index (χ0v) is 29.4. The molecule has 1 N–H and O–H groups in total. The molecule has 2 aromatic heterocycles. The molecule has 16 heteroatoms. The first-order chi connectivity index (χ1) is 23.4. The lowest BCUT2D eigenvalue weighted by atomic mass is 9.95. The summed E-state index contributed by atoms with van der Waals surface area (Å²) in [7, 11) is 1.53. The summed E-state index contributed by atoms with van der Waals surface area (Å²) in [5.74, 6) is 0.338. The van der Waals surface area contributed by atoms with Crippen LogP contribution >= 0.6 is 46.3 Å². The molecule has 3 aromatic carbocycles. The van der Waals surface area contributed by atoms with Crippen LogP contribution in [-0.2, 0) is 9.53 Å². The monoisotopic (exact) mass is 736 g/mol. The molecule has 0 aliphatic carbocycles. The number of allylic oxidation sites excluding steroid dienone is 1. The van der Waals surface area contributed by atoms with Gasteiger partial charge in [0.2, 0.25) is 5.16 Å². The van der Waals surface area contributed by atoms with Gasteiger partial charge in [-0.2, -0.15) is 0 Å². The number of rotatable bonds is 9. The van der Waals surface area contributed by atoms with Crippen LogP contribution in [0.5, 0.6) is 5.75 Å². The Kier molecular flexibility index (Phi) is 9.75. The first-order valence-corrected chi connectivity index (χ1v) is 17.0. The van der Waals surface area contributed by atoms with Crippen LogP contribution in [0.15, 0.2) is 91.8 Å². The molecule has 49 heavy (non-hydrogen) atoms. The van der Waals surface area contributed by atoms with Crippen molar-refractivity contribution < 1.29 is 19.2 Å². The molecule has 250 valence electrons. The Balaban J connectivity index is 1.38. The molecular formula is C33H26Cl2N6O6S2. The second kappa shape index (κ2) is 14.0. The molecule has 0 unspecified atom stereocenters. The highest BCUT2D eigenvalue weighted by atomic mass is 35.5. The van der Waals surface area contributed by atoms with Crippen molar-refractivity contribution in [1.29, 1.82) is 0 Å². The van der Waals surface area contributed by atoms with Gasteiger partial charge in [-0.05, 0) is 86.1 Å². The molecule has 0 fully saturated rings. The van der Waals surface area contributed by atoms with E-state index in [4.69, 9.17) is 32.7 Å². The highest BCUT2D eigenvalue weighted by molar-refractivity contribution is 7.99. The number of esters is 1. The molecular weight excluding hydrogens is 711 g/mol. The molecule has 0 saturated heterocycles. The molecule has 6 rings (SSSR count). The van der Waals surface area contributed by atoms with E-state index in [9.17, 15) is 19.7 Å². The number of nitro benzene ring substituents is 1. The number of carbonyl (C=O) groups excluding carboxylic acids is 1. The number of hydrogen-bond acceptors (Lipinski definition) is 11. The summed E-state index contributed by atoms with van der Waals surface area (Å²) in [5, 5.41) is 20.2. The Morgan fingerprint density at radius 3 is 2.67 bits per heavy atom. The Morgan fingerprint density at radius 2 is 1.96 bits per heavy atom. The second-order valence-electron chi connectivity index (χ2n) is 11.0. The van der Waals surface area contributed by atoms with Gasteiger partial charge in [0.15, 0.2) is 10.6 Å². The fourth-order valence-corrected chi connectivity index (χ4v) is 7.53. The van der Waals surface area contributed by atoms with E-state index >= 15 is 0 Å². The number of nitrogens with one attached hydrogen (secondary N) is 1. The van der Waals surface area contributed by atoms with Gasteiger partial charge in [0.1, 0.15) is 5.75 Å². The third-order valence-corrected chi connectivity index (χ3v) is 9.78. The van der Waals surface area contributed by atoms with Crippen molar-refractivity contribution >= 4 is 64.0 Å². The van der Waals surface area contributed by atoms with E-state index in [1.54, 1.807) is 81.4 Å². The van der Waals surface area contributed by atoms with Crippen molar-refractivity contribution in [3.63, 3.8) is 0 Å². The number of fused-ring (bicyclic) bond motifs is 1. The normalized spacial score (nSPS) is 14.5. The highest BCUT2D eigenvalue weighted by Gasteiger charge is 2.34. The zero-order valence-electron chi connectivity index (χ0n) is 26.3. The quantitative estimate of drug-likeness (QED) is 0.104. The predicted molar refractivity (Wildman–Crippen MR) is 187 cm³/mol. The number of methoxy groups -OCH3 is 1. The van der Waals surface area contributed by atoms with E-state index in [-0.39, 0.29) is 20.9 Å². The van der Waals surface area contributed by atoms with Crippen LogP contribution in [0.3, 0.4) is 0 Å². The number of benzene rings is 3. The summed E-state index contributed by atoms with van der Waals surface area (Å²) in [6, 6.07) is 15.8. The van der Waals surface area contributed by atoms with Crippen LogP contribution in [0.25, 0.3) is 17.5 Å². The van der Waals surface area contributed by atoms with Crippen molar-refractivity contribution in [3.8, 4) is 17.1 Å². The van der Waals surface area contributed by atoms with Crippen molar-refractivity contribution in [2.24, 2.45) is 4.99 Å². The zero-order chi connectivity index (χ0) is 35.0. The number of nitrogens with zero attached hydrogens (tertiary/aromatic N) is 5. The Labute approximate surface area is 296 Å². The molecule has 0 amide bonds. The first kappa shape index (κ1) is 34.1. The molecule has 12 nitrogen and oxygen atoms in total. The summed E-state index contributed by atoms with van der Waals surface area (Å²) in [6.45, 7) is 5.18. The van der Waals surface area contributed by atoms with Crippen LogP contribution in [0, 0.1) is 10.1 Å². The van der Waals surface area contributed by atoms with E-state index in [1.807, 2.05) is 0 Å². The number of aromatic amines is 1. The Hall–Kier alpha value is -4.76. The number of ether oxygens (including phenoxy) is 2. The van der Waals surface area contributed by atoms with Gasteiger partial charge in [-0.3, -0.25) is 24.6 Å². The summed E-state index contributed by atoms with van der Waals surface area (Å²) in [6.07, 6.45) is 1.17. The van der Waals surface area contributed by atoms with Crippen molar-refractivity contribution in [2.45, 2.75) is 43.0 Å². The maximum atomic E-state index is 14.0. The van der Waals surface area contributed by atoms with Gasteiger partial charge in [-0.25, -0.2) is 14.8 Å². The Bertz CT molecular complexity index is 2350. The lowest BCUT2D eigenvalue weighted by Crippen LogP contribution is -2.40. The van der Waals surface area contributed by atoms with Crippen LogP contribution in [0.1, 0.15) is 37.9 Å². The minimum Gasteiger partial charge on any atom is -0.497 e. The van der Waals surface area contributed by atoms with Gasteiger partial charge in [0.05, 0.1) is 49.9 Å². The number of H-pyrrole nitrogens is 1. The van der Waals surface area contributed by atoms with Crippen LogP contribution in [-0.4, -0.2) is 43.9 Å². The average Bonchev–Trinajstić information content (AvgIpc) is 3.64. The van der Waals surface area contributed by atoms with Gasteiger partial charge < -0.3 is 9.47 Å². The number of halogens is 2. The molecule has 0 radical (unpaired) electrons. The van der Waals surface area contributed by atoms with Crippen LogP contribution < -0.4 is 19.6 Å². The van der Waals surface area contributed by atoms with Crippen molar-refractivity contribution in [2.75, 3.05) is 7.11 Å². The van der Waals surface area contributed by atoms with Crippen LogP contribution in [0.2, 0.25) is 10.0 Å². The fourth-order valence-electron chi connectivity index (χ4n) is 5.18. The van der Waals surface area contributed by atoms with Gasteiger partial charge in [-0.1, -0.05) is 52.7 Å². The van der Waals surface area contributed by atoms with Crippen molar-refractivity contribution in [3.05, 3.63) is 123 Å². The number of hydrogen-bond donors (Lipinski definition) is 1.